The average Bonchev–Trinajstić information content (AvgIpc) is 2.02. The third kappa shape index (κ3) is 4.23. The van der Waals surface area contributed by atoms with Gasteiger partial charge in [0.2, 0.25) is 11.8 Å². The van der Waals surface area contributed by atoms with Gasteiger partial charge in [-0.1, -0.05) is 6.92 Å². The maximum Gasteiger partial charge on any atom is 0.240 e. The summed E-state index contributed by atoms with van der Waals surface area (Å²) in [5.74, 6) is -0.693. The summed E-state index contributed by atoms with van der Waals surface area (Å²) >= 11 is 0. The molecule has 2 unspecified atom stereocenters. The van der Waals surface area contributed by atoms with Gasteiger partial charge in [0, 0.05) is 12.5 Å². The number of primary amides is 1. The summed E-state index contributed by atoms with van der Waals surface area (Å²) in [6.45, 7) is 5.20. The van der Waals surface area contributed by atoms with Gasteiger partial charge in [-0.25, -0.2) is 0 Å². The van der Waals surface area contributed by atoms with Gasteiger partial charge in [0.05, 0.1) is 5.54 Å². The molecule has 5 heteroatoms. The third-order valence-electron chi connectivity index (χ3n) is 2.14. The lowest BCUT2D eigenvalue weighted by Crippen LogP contribution is -2.53. The summed E-state index contributed by atoms with van der Waals surface area (Å²) in [7, 11) is 0. The fourth-order valence-corrected chi connectivity index (χ4v) is 0.902. The van der Waals surface area contributed by atoms with E-state index in [9.17, 15) is 9.59 Å². The first-order chi connectivity index (χ1) is 6.29. The van der Waals surface area contributed by atoms with E-state index in [0.717, 1.165) is 0 Å². The van der Waals surface area contributed by atoms with Crippen molar-refractivity contribution in [2.45, 2.75) is 45.2 Å². The van der Waals surface area contributed by atoms with E-state index in [0.29, 0.717) is 6.42 Å². The molecule has 0 aliphatic carbocycles. The summed E-state index contributed by atoms with van der Waals surface area (Å²) in [5, 5.41) is 2.64. The minimum absolute atomic E-state index is 0.130. The second-order valence-corrected chi connectivity index (χ2v) is 3.82. The Morgan fingerprint density at radius 2 is 2.00 bits per heavy atom. The number of hydrogen-bond acceptors (Lipinski definition) is 3. The molecule has 2 amide bonds. The van der Waals surface area contributed by atoms with Crippen molar-refractivity contribution in [2.24, 2.45) is 11.5 Å². The van der Waals surface area contributed by atoms with Crippen LogP contribution >= 0.6 is 0 Å². The van der Waals surface area contributed by atoms with E-state index in [1.165, 1.54) is 0 Å². The van der Waals surface area contributed by atoms with Gasteiger partial charge >= 0.3 is 0 Å². The van der Waals surface area contributed by atoms with Crippen LogP contribution in [0, 0.1) is 0 Å². The molecule has 0 bridgehead atoms. The highest BCUT2D eigenvalue weighted by atomic mass is 16.2. The van der Waals surface area contributed by atoms with Gasteiger partial charge in [0.1, 0.15) is 0 Å². The van der Waals surface area contributed by atoms with Crippen LogP contribution in [0.3, 0.4) is 0 Å². The molecule has 0 spiro atoms. The highest BCUT2D eigenvalue weighted by molar-refractivity contribution is 5.86. The average molecular weight is 201 g/mol. The molecule has 0 aliphatic heterocycles. The number of amides is 2. The molecule has 0 saturated carbocycles. The van der Waals surface area contributed by atoms with Gasteiger partial charge in [-0.15, -0.1) is 0 Å². The van der Waals surface area contributed by atoms with Crippen LogP contribution < -0.4 is 16.8 Å². The van der Waals surface area contributed by atoms with Crippen molar-refractivity contribution < 1.29 is 9.59 Å². The van der Waals surface area contributed by atoms with E-state index >= 15 is 0 Å². The molecule has 0 fully saturated rings. The van der Waals surface area contributed by atoms with E-state index in [1.807, 2.05) is 6.92 Å². The van der Waals surface area contributed by atoms with Crippen molar-refractivity contribution in [1.82, 2.24) is 5.32 Å². The van der Waals surface area contributed by atoms with Crippen molar-refractivity contribution in [3.63, 3.8) is 0 Å². The summed E-state index contributed by atoms with van der Waals surface area (Å²) in [5.41, 5.74) is 9.82. The van der Waals surface area contributed by atoms with Gasteiger partial charge < -0.3 is 16.8 Å². The molecule has 2 atom stereocenters. The molecule has 0 radical (unpaired) electrons. The zero-order valence-electron chi connectivity index (χ0n) is 8.96. The summed E-state index contributed by atoms with van der Waals surface area (Å²) < 4.78 is 0. The van der Waals surface area contributed by atoms with E-state index in [2.05, 4.69) is 5.32 Å². The maximum atomic E-state index is 11.5. The van der Waals surface area contributed by atoms with E-state index in [1.54, 1.807) is 13.8 Å². The lowest BCUT2D eigenvalue weighted by molar-refractivity contribution is -0.126. The van der Waals surface area contributed by atoms with Crippen LogP contribution in [0.2, 0.25) is 0 Å². The fourth-order valence-electron chi connectivity index (χ4n) is 0.902. The second kappa shape index (κ2) is 4.95. The molecule has 0 rings (SSSR count). The predicted octanol–water partition coefficient (Wildman–Crippen LogP) is -0.506. The molecule has 0 heterocycles. The largest absolute Gasteiger partial charge is 0.370 e. The minimum Gasteiger partial charge on any atom is -0.370 e. The zero-order chi connectivity index (χ0) is 11.4. The molecule has 82 valence electrons. The number of nitrogens with two attached hydrogens (primary N) is 2. The molecule has 0 aromatic rings. The second-order valence-electron chi connectivity index (χ2n) is 3.82. The molecule has 5 N–H and O–H groups in total. The predicted molar refractivity (Wildman–Crippen MR) is 54.3 cm³/mol. The third-order valence-corrected chi connectivity index (χ3v) is 2.14. The molecule has 0 aliphatic rings. The lowest BCUT2D eigenvalue weighted by Gasteiger charge is -2.23. The van der Waals surface area contributed by atoms with E-state index in [-0.39, 0.29) is 18.4 Å². The van der Waals surface area contributed by atoms with Crippen LogP contribution in [-0.2, 0) is 9.59 Å². The quantitative estimate of drug-likeness (QED) is 0.559. The fraction of sp³-hybridized carbons (Fsp3) is 0.778. The Labute approximate surface area is 84.2 Å². The SMILES string of the molecule is CCC(C)(N)C(=O)NC(C)CC(N)=O. The van der Waals surface area contributed by atoms with Crippen LogP contribution in [0.4, 0.5) is 0 Å². The molecule has 14 heavy (non-hydrogen) atoms. The number of rotatable bonds is 5. The number of carbonyl (C=O) groups is 2. The topological polar surface area (TPSA) is 98.2 Å². The summed E-state index contributed by atoms with van der Waals surface area (Å²) in [4.78, 5) is 22.0. The Bertz CT molecular complexity index is 226. The standard InChI is InChI=1S/C9H19N3O2/c1-4-9(3,11)8(14)12-6(2)5-7(10)13/h6H,4-5,11H2,1-3H3,(H2,10,13)(H,12,14). The molecule has 0 aromatic heterocycles. The van der Waals surface area contributed by atoms with E-state index in [4.69, 9.17) is 11.5 Å². The number of hydrogen-bond donors (Lipinski definition) is 3. The Balaban J connectivity index is 4.12. The molecule has 5 nitrogen and oxygen atoms in total. The van der Waals surface area contributed by atoms with Gasteiger partial charge in [0.15, 0.2) is 0 Å². The smallest absolute Gasteiger partial charge is 0.240 e. The maximum absolute atomic E-state index is 11.5. The highest BCUT2D eigenvalue weighted by Gasteiger charge is 2.26. The van der Waals surface area contributed by atoms with Gasteiger partial charge in [0.25, 0.3) is 0 Å². The van der Waals surface area contributed by atoms with Crippen LogP contribution in [0.5, 0.6) is 0 Å². The number of carbonyl (C=O) groups excluding carboxylic acids is 2. The van der Waals surface area contributed by atoms with Crippen LogP contribution in [0.15, 0.2) is 0 Å². The molecule has 0 aromatic carbocycles. The van der Waals surface area contributed by atoms with Crippen molar-refractivity contribution in [3.8, 4) is 0 Å². The lowest BCUT2D eigenvalue weighted by atomic mass is 9.99. The first kappa shape index (κ1) is 12.9. The van der Waals surface area contributed by atoms with Crippen LogP contribution in [-0.4, -0.2) is 23.4 Å². The normalized spacial score (nSPS) is 16.9. The van der Waals surface area contributed by atoms with Gasteiger partial charge in [-0.3, -0.25) is 9.59 Å². The van der Waals surface area contributed by atoms with Gasteiger partial charge in [-0.05, 0) is 20.3 Å². The first-order valence-corrected chi connectivity index (χ1v) is 4.67. The summed E-state index contributed by atoms with van der Waals surface area (Å²) in [6, 6.07) is -0.269. The Hall–Kier alpha value is -1.10. The van der Waals surface area contributed by atoms with Crippen molar-refractivity contribution >= 4 is 11.8 Å². The first-order valence-electron chi connectivity index (χ1n) is 4.67. The molecular formula is C9H19N3O2. The van der Waals surface area contributed by atoms with Crippen LogP contribution in [0.25, 0.3) is 0 Å². The van der Waals surface area contributed by atoms with Crippen molar-refractivity contribution in [3.05, 3.63) is 0 Å². The Kier molecular flexibility index (Phi) is 4.56. The monoisotopic (exact) mass is 201 g/mol. The summed E-state index contributed by atoms with van der Waals surface area (Å²) in [6.07, 6.45) is 0.674. The Morgan fingerprint density at radius 3 is 2.36 bits per heavy atom. The van der Waals surface area contributed by atoms with Crippen LogP contribution in [0.1, 0.15) is 33.6 Å². The van der Waals surface area contributed by atoms with Crippen molar-refractivity contribution in [2.75, 3.05) is 0 Å². The highest BCUT2D eigenvalue weighted by Crippen LogP contribution is 2.05. The molecular weight excluding hydrogens is 182 g/mol. The Morgan fingerprint density at radius 1 is 1.50 bits per heavy atom. The van der Waals surface area contributed by atoms with Crippen molar-refractivity contribution in [1.29, 1.82) is 0 Å². The zero-order valence-corrected chi connectivity index (χ0v) is 8.96. The number of nitrogens with one attached hydrogen (secondary N) is 1. The minimum atomic E-state index is -0.883. The van der Waals surface area contributed by atoms with Gasteiger partial charge in [-0.2, -0.15) is 0 Å². The van der Waals surface area contributed by atoms with E-state index < -0.39 is 11.4 Å². The molecule has 0 saturated heterocycles.